The zero-order valence-electron chi connectivity index (χ0n) is 14.1. The lowest BCUT2D eigenvalue weighted by molar-refractivity contribution is -0.145. The zero-order valence-corrected chi connectivity index (χ0v) is 14.1. The van der Waals surface area contributed by atoms with Gasteiger partial charge in [-0.05, 0) is 31.8 Å². The smallest absolute Gasteiger partial charge is 0.188 e. The molecule has 4 heteroatoms. The molecular formula is C17H34O4. The zero-order chi connectivity index (χ0) is 15.6. The fourth-order valence-electron chi connectivity index (χ4n) is 1.68. The molecule has 126 valence electrons. The van der Waals surface area contributed by atoms with Crippen molar-refractivity contribution in [2.24, 2.45) is 0 Å². The standard InChI is InChI=1S/C17H34O4/c1-4-7-9-14-18-16-19-15-10-8-11-17(20-12-5-2)21-13-6-3/h10,15,17H,4-9,11-14,16H2,1-3H3. The van der Waals surface area contributed by atoms with E-state index in [-0.39, 0.29) is 6.29 Å². The Balaban J connectivity index is 3.51. The predicted molar refractivity (Wildman–Crippen MR) is 86.1 cm³/mol. The molecule has 0 aliphatic rings. The van der Waals surface area contributed by atoms with E-state index in [0.29, 0.717) is 6.79 Å². The summed E-state index contributed by atoms with van der Waals surface area (Å²) in [6.45, 7) is 9.00. The molecule has 0 N–H and O–H groups in total. The van der Waals surface area contributed by atoms with E-state index in [0.717, 1.165) is 51.9 Å². The SMILES string of the molecule is CCCCCOCOC=CCCC(OCCC)OCCC. The minimum atomic E-state index is -0.0974. The van der Waals surface area contributed by atoms with Gasteiger partial charge in [-0.1, -0.05) is 33.6 Å². The molecule has 0 aliphatic carbocycles. The van der Waals surface area contributed by atoms with Crippen molar-refractivity contribution in [2.45, 2.75) is 72.0 Å². The summed E-state index contributed by atoms with van der Waals surface area (Å²) >= 11 is 0. The minimum Gasteiger partial charge on any atom is -0.475 e. The minimum absolute atomic E-state index is 0.0974. The molecule has 0 aromatic heterocycles. The third-order valence-corrected chi connectivity index (χ3v) is 2.82. The van der Waals surface area contributed by atoms with Gasteiger partial charge in [0.25, 0.3) is 0 Å². The third kappa shape index (κ3) is 15.6. The van der Waals surface area contributed by atoms with Crippen LogP contribution in [-0.4, -0.2) is 32.9 Å². The topological polar surface area (TPSA) is 36.9 Å². The van der Waals surface area contributed by atoms with E-state index in [1.54, 1.807) is 6.26 Å². The van der Waals surface area contributed by atoms with Crippen molar-refractivity contribution in [1.82, 2.24) is 0 Å². The quantitative estimate of drug-likeness (QED) is 0.236. The van der Waals surface area contributed by atoms with Gasteiger partial charge in [-0.3, -0.25) is 0 Å². The van der Waals surface area contributed by atoms with Crippen molar-refractivity contribution < 1.29 is 18.9 Å². The molecule has 0 atom stereocenters. The van der Waals surface area contributed by atoms with Crippen LogP contribution in [0.3, 0.4) is 0 Å². The average Bonchev–Trinajstić information content (AvgIpc) is 2.51. The van der Waals surface area contributed by atoms with Crippen LogP contribution in [0.25, 0.3) is 0 Å². The van der Waals surface area contributed by atoms with E-state index in [2.05, 4.69) is 20.8 Å². The Hall–Kier alpha value is -0.580. The first-order chi connectivity index (χ1) is 10.3. The highest BCUT2D eigenvalue weighted by atomic mass is 16.7. The molecule has 0 saturated carbocycles. The summed E-state index contributed by atoms with van der Waals surface area (Å²) in [4.78, 5) is 0. The molecule has 0 aromatic rings. The van der Waals surface area contributed by atoms with Gasteiger partial charge in [-0.15, -0.1) is 0 Å². The fraction of sp³-hybridized carbons (Fsp3) is 0.882. The average molecular weight is 302 g/mol. The second-order valence-corrected chi connectivity index (χ2v) is 5.02. The summed E-state index contributed by atoms with van der Waals surface area (Å²) < 4.78 is 21.9. The fourth-order valence-corrected chi connectivity index (χ4v) is 1.68. The largest absolute Gasteiger partial charge is 0.475 e. The van der Waals surface area contributed by atoms with Gasteiger partial charge >= 0.3 is 0 Å². The summed E-state index contributed by atoms with van der Waals surface area (Å²) in [5.41, 5.74) is 0. The van der Waals surface area contributed by atoms with Gasteiger partial charge in [0.05, 0.1) is 12.9 Å². The predicted octanol–water partition coefficient (Wildman–Crippen LogP) is 4.64. The van der Waals surface area contributed by atoms with Crippen molar-refractivity contribution in [3.05, 3.63) is 12.3 Å². The Bertz CT molecular complexity index is 211. The van der Waals surface area contributed by atoms with Crippen molar-refractivity contribution in [1.29, 1.82) is 0 Å². The van der Waals surface area contributed by atoms with E-state index in [9.17, 15) is 0 Å². The number of allylic oxidation sites excluding steroid dienone is 1. The van der Waals surface area contributed by atoms with Gasteiger partial charge in [0.2, 0.25) is 0 Å². The highest BCUT2D eigenvalue weighted by Gasteiger charge is 2.07. The van der Waals surface area contributed by atoms with E-state index in [1.807, 2.05) is 6.08 Å². The molecule has 0 unspecified atom stereocenters. The maximum absolute atomic E-state index is 5.65. The summed E-state index contributed by atoms with van der Waals surface area (Å²) in [5.74, 6) is 0. The second kappa shape index (κ2) is 17.5. The molecule has 0 bridgehead atoms. The van der Waals surface area contributed by atoms with Crippen LogP contribution in [0.4, 0.5) is 0 Å². The molecular weight excluding hydrogens is 268 g/mol. The lowest BCUT2D eigenvalue weighted by Crippen LogP contribution is -2.18. The van der Waals surface area contributed by atoms with Crippen molar-refractivity contribution >= 4 is 0 Å². The van der Waals surface area contributed by atoms with Crippen molar-refractivity contribution in [2.75, 3.05) is 26.6 Å². The molecule has 0 spiro atoms. The van der Waals surface area contributed by atoms with E-state index in [4.69, 9.17) is 18.9 Å². The Morgan fingerprint density at radius 2 is 1.57 bits per heavy atom. The summed E-state index contributed by atoms with van der Waals surface area (Å²) in [5, 5.41) is 0. The number of unbranched alkanes of at least 4 members (excludes halogenated alkanes) is 2. The van der Waals surface area contributed by atoms with Crippen LogP contribution in [0.2, 0.25) is 0 Å². The van der Waals surface area contributed by atoms with Crippen LogP contribution < -0.4 is 0 Å². The maximum Gasteiger partial charge on any atom is 0.188 e. The van der Waals surface area contributed by atoms with Gasteiger partial charge in [0.15, 0.2) is 13.1 Å². The molecule has 21 heavy (non-hydrogen) atoms. The lowest BCUT2D eigenvalue weighted by Gasteiger charge is -2.17. The van der Waals surface area contributed by atoms with Crippen LogP contribution in [-0.2, 0) is 18.9 Å². The second-order valence-electron chi connectivity index (χ2n) is 5.02. The molecule has 0 saturated heterocycles. The van der Waals surface area contributed by atoms with Crippen LogP contribution >= 0.6 is 0 Å². The van der Waals surface area contributed by atoms with Crippen LogP contribution in [0.5, 0.6) is 0 Å². The molecule has 0 aromatic carbocycles. The van der Waals surface area contributed by atoms with Crippen molar-refractivity contribution in [3.8, 4) is 0 Å². The Kier molecular flexibility index (Phi) is 17.0. The molecule has 0 heterocycles. The van der Waals surface area contributed by atoms with Gasteiger partial charge in [-0.2, -0.15) is 0 Å². The lowest BCUT2D eigenvalue weighted by atomic mass is 10.3. The Labute approximate surface area is 130 Å². The first-order valence-electron chi connectivity index (χ1n) is 8.42. The van der Waals surface area contributed by atoms with E-state index in [1.165, 1.54) is 12.8 Å². The van der Waals surface area contributed by atoms with Gasteiger partial charge < -0.3 is 18.9 Å². The van der Waals surface area contributed by atoms with Crippen LogP contribution in [0, 0.1) is 0 Å². The molecule has 0 fully saturated rings. The number of rotatable bonds is 16. The van der Waals surface area contributed by atoms with Gasteiger partial charge in [0.1, 0.15) is 0 Å². The molecule has 0 rings (SSSR count). The Morgan fingerprint density at radius 3 is 2.19 bits per heavy atom. The Morgan fingerprint density at radius 1 is 0.857 bits per heavy atom. The third-order valence-electron chi connectivity index (χ3n) is 2.82. The summed E-state index contributed by atoms with van der Waals surface area (Å²) in [6, 6.07) is 0. The molecule has 4 nitrogen and oxygen atoms in total. The summed E-state index contributed by atoms with van der Waals surface area (Å²) in [7, 11) is 0. The molecule has 0 amide bonds. The number of hydrogen-bond acceptors (Lipinski definition) is 4. The molecule has 0 aliphatic heterocycles. The first-order valence-corrected chi connectivity index (χ1v) is 8.42. The van der Waals surface area contributed by atoms with Crippen molar-refractivity contribution in [3.63, 3.8) is 0 Å². The van der Waals surface area contributed by atoms with E-state index >= 15 is 0 Å². The summed E-state index contributed by atoms with van der Waals surface area (Å²) in [6.07, 6.45) is 10.9. The normalized spacial score (nSPS) is 11.6. The monoisotopic (exact) mass is 302 g/mol. The highest BCUT2D eigenvalue weighted by molar-refractivity contribution is 4.73. The highest BCUT2D eigenvalue weighted by Crippen LogP contribution is 2.07. The van der Waals surface area contributed by atoms with Crippen LogP contribution in [0.1, 0.15) is 65.7 Å². The first kappa shape index (κ1) is 20.4. The van der Waals surface area contributed by atoms with Crippen LogP contribution in [0.15, 0.2) is 12.3 Å². The number of ether oxygens (including phenoxy) is 4. The van der Waals surface area contributed by atoms with Gasteiger partial charge in [0, 0.05) is 19.6 Å². The number of hydrogen-bond donors (Lipinski definition) is 0. The van der Waals surface area contributed by atoms with Gasteiger partial charge in [-0.25, -0.2) is 0 Å². The maximum atomic E-state index is 5.65. The van der Waals surface area contributed by atoms with E-state index < -0.39 is 0 Å². The molecule has 0 radical (unpaired) electrons.